The van der Waals surface area contributed by atoms with Gasteiger partial charge in [0.05, 0.1) is 6.54 Å². The lowest BCUT2D eigenvalue weighted by Crippen LogP contribution is -2.21. The summed E-state index contributed by atoms with van der Waals surface area (Å²) in [5.74, 6) is 0. The molecular formula is C16H14ClNOS. The first kappa shape index (κ1) is 13.6. The smallest absolute Gasteiger partial charge is 0.117 e. The fourth-order valence-corrected chi connectivity index (χ4v) is 2.72. The van der Waals surface area contributed by atoms with Gasteiger partial charge in [-0.05, 0) is 17.2 Å². The molecule has 0 spiro atoms. The predicted molar refractivity (Wildman–Crippen MR) is 84.5 cm³/mol. The highest BCUT2D eigenvalue weighted by molar-refractivity contribution is 7.80. The summed E-state index contributed by atoms with van der Waals surface area (Å²) in [7, 11) is 0. The van der Waals surface area contributed by atoms with Gasteiger partial charge in [0, 0.05) is 11.4 Å². The number of nitrogens with zero attached hydrogens (tertiary/aromatic N) is 1. The Morgan fingerprint density at radius 1 is 1.10 bits per heavy atom. The zero-order chi connectivity index (χ0) is 13.9. The molecule has 1 aliphatic heterocycles. The van der Waals surface area contributed by atoms with Gasteiger partial charge in [-0.15, -0.1) is 0 Å². The van der Waals surface area contributed by atoms with E-state index in [1.807, 2.05) is 42.5 Å². The molecule has 1 aliphatic rings. The van der Waals surface area contributed by atoms with E-state index in [9.17, 15) is 0 Å². The second-order valence-electron chi connectivity index (χ2n) is 4.73. The Kier molecular flexibility index (Phi) is 4.01. The van der Waals surface area contributed by atoms with E-state index in [2.05, 4.69) is 12.1 Å². The van der Waals surface area contributed by atoms with Crippen molar-refractivity contribution in [3.63, 3.8) is 0 Å². The zero-order valence-electron chi connectivity index (χ0n) is 10.8. The van der Waals surface area contributed by atoms with Crippen molar-refractivity contribution >= 4 is 28.8 Å². The fourth-order valence-electron chi connectivity index (χ4n) is 2.26. The molecule has 102 valence electrons. The minimum atomic E-state index is 0.00573. The minimum absolute atomic E-state index is 0.00573. The molecule has 3 rings (SSSR count). The summed E-state index contributed by atoms with van der Waals surface area (Å²) < 4.78 is 0. The Hall–Kier alpha value is -1.42. The first-order chi connectivity index (χ1) is 9.74. The lowest BCUT2D eigenvalue weighted by Gasteiger charge is -2.18. The molecule has 1 unspecified atom stereocenters. The van der Waals surface area contributed by atoms with Gasteiger partial charge in [0.25, 0.3) is 0 Å². The molecule has 0 aliphatic carbocycles. The van der Waals surface area contributed by atoms with Crippen molar-refractivity contribution in [3.8, 4) is 0 Å². The molecule has 0 amide bonds. The van der Waals surface area contributed by atoms with Crippen LogP contribution in [0.15, 0.2) is 54.6 Å². The topological polar surface area (TPSA) is 12.5 Å². The number of thiocarbonyl (C=S) groups is 1. The third-order valence-corrected chi connectivity index (χ3v) is 4.07. The third-order valence-electron chi connectivity index (χ3n) is 3.34. The van der Waals surface area contributed by atoms with Crippen LogP contribution < -0.4 is 0 Å². The largest absolute Gasteiger partial charge is 0.264 e. The van der Waals surface area contributed by atoms with Crippen molar-refractivity contribution in [1.82, 2.24) is 5.06 Å². The van der Waals surface area contributed by atoms with Crippen LogP contribution in [0, 0.1) is 0 Å². The van der Waals surface area contributed by atoms with Crippen molar-refractivity contribution < 1.29 is 4.84 Å². The molecule has 0 radical (unpaired) electrons. The van der Waals surface area contributed by atoms with Gasteiger partial charge < -0.3 is 0 Å². The van der Waals surface area contributed by atoms with Gasteiger partial charge in [-0.1, -0.05) is 72.3 Å². The average Bonchev–Trinajstić information content (AvgIpc) is 2.84. The van der Waals surface area contributed by atoms with Crippen LogP contribution in [0.5, 0.6) is 0 Å². The molecule has 0 saturated carbocycles. The Balaban J connectivity index is 1.73. The maximum Gasteiger partial charge on any atom is 0.117 e. The number of hydroxylamine groups is 2. The number of hydrogen-bond donors (Lipinski definition) is 0. The standard InChI is InChI=1S/C16H14ClNOS/c17-14-9-5-4-8-13(14)11-18-16(20)10-15(19-18)12-6-2-1-3-7-12/h1-9,15H,10-11H2. The van der Waals surface area contributed by atoms with Gasteiger partial charge in [-0.3, -0.25) is 4.84 Å². The van der Waals surface area contributed by atoms with E-state index in [4.69, 9.17) is 28.7 Å². The molecule has 1 heterocycles. The predicted octanol–water partition coefficient (Wildman–Crippen LogP) is 4.55. The zero-order valence-corrected chi connectivity index (χ0v) is 12.4. The van der Waals surface area contributed by atoms with E-state index in [1.54, 1.807) is 5.06 Å². The summed E-state index contributed by atoms with van der Waals surface area (Å²) in [6.45, 7) is 0.585. The molecule has 0 bridgehead atoms. The number of halogens is 1. The highest BCUT2D eigenvalue weighted by atomic mass is 35.5. The minimum Gasteiger partial charge on any atom is -0.264 e. The lowest BCUT2D eigenvalue weighted by molar-refractivity contribution is -0.121. The highest BCUT2D eigenvalue weighted by Gasteiger charge is 2.29. The van der Waals surface area contributed by atoms with Gasteiger partial charge in [0.2, 0.25) is 0 Å². The van der Waals surface area contributed by atoms with Crippen LogP contribution in [0.25, 0.3) is 0 Å². The van der Waals surface area contributed by atoms with Gasteiger partial charge in [-0.25, -0.2) is 5.06 Å². The van der Waals surface area contributed by atoms with Crippen LogP contribution in [0.4, 0.5) is 0 Å². The molecule has 4 heteroatoms. The highest BCUT2D eigenvalue weighted by Crippen LogP contribution is 2.32. The van der Waals surface area contributed by atoms with E-state index >= 15 is 0 Å². The Bertz CT molecular complexity index is 617. The monoisotopic (exact) mass is 303 g/mol. The maximum absolute atomic E-state index is 6.18. The molecule has 1 atom stereocenters. The molecule has 0 N–H and O–H groups in total. The number of benzene rings is 2. The maximum atomic E-state index is 6.18. The van der Waals surface area contributed by atoms with E-state index in [0.717, 1.165) is 27.6 Å². The summed E-state index contributed by atoms with van der Waals surface area (Å²) in [5.41, 5.74) is 2.17. The Labute approximate surface area is 128 Å². The van der Waals surface area contributed by atoms with Crippen LogP contribution in [-0.2, 0) is 11.4 Å². The van der Waals surface area contributed by atoms with E-state index in [0.29, 0.717) is 6.54 Å². The van der Waals surface area contributed by atoms with Gasteiger partial charge in [-0.2, -0.15) is 0 Å². The fraction of sp³-hybridized carbons (Fsp3) is 0.188. The normalized spacial score (nSPS) is 18.6. The second-order valence-corrected chi connectivity index (χ2v) is 5.61. The summed E-state index contributed by atoms with van der Waals surface area (Å²) in [6, 6.07) is 17.9. The first-order valence-electron chi connectivity index (χ1n) is 6.49. The van der Waals surface area contributed by atoms with Crippen LogP contribution in [0.3, 0.4) is 0 Å². The number of rotatable bonds is 3. The van der Waals surface area contributed by atoms with E-state index in [-0.39, 0.29) is 6.10 Å². The molecule has 0 aromatic heterocycles. The van der Waals surface area contributed by atoms with E-state index in [1.165, 1.54) is 0 Å². The molecule has 1 saturated heterocycles. The third kappa shape index (κ3) is 2.85. The molecular weight excluding hydrogens is 290 g/mol. The van der Waals surface area contributed by atoms with E-state index < -0.39 is 0 Å². The summed E-state index contributed by atoms with van der Waals surface area (Å²) in [6.07, 6.45) is 0.746. The SMILES string of the molecule is S=C1CC(c2ccccc2)ON1Cc1ccccc1Cl. The molecule has 1 fully saturated rings. The van der Waals surface area contributed by atoms with Crippen LogP contribution in [0.2, 0.25) is 5.02 Å². The summed E-state index contributed by atoms with van der Waals surface area (Å²) in [5, 5.41) is 2.51. The quantitative estimate of drug-likeness (QED) is 0.772. The van der Waals surface area contributed by atoms with Crippen molar-refractivity contribution in [2.24, 2.45) is 0 Å². The van der Waals surface area contributed by atoms with Gasteiger partial charge in [0.15, 0.2) is 0 Å². The van der Waals surface area contributed by atoms with Crippen LogP contribution in [-0.4, -0.2) is 10.1 Å². The van der Waals surface area contributed by atoms with Crippen molar-refractivity contribution in [2.75, 3.05) is 0 Å². The van der Waals surface area contributed by atoms with Crippen LogP contribution in [0.1, 0.15) is 23.7 Å². The number of hydrogen-bond acceptors (Lipinski definition) is 2. The van der Waals surface area contributed by atoms with Gasteiger partial charge in [0.1, 0.15) is 11.1 Å². The molecule has 20 heavy (non-hydrogen) atoms. The van der Waals surface area contributed by atoms with Crippen molar-refractivity contribution in [1.29, 1.82) is 0 Å². The second kappa shape index (κ2) is 5.92. The molecule has 2 aromatic rings. The van der Waals surface area contributed by atoms with Crippen molar-refractivity contribution in [2.45, 2.75) is 19.1 Å². The van der Waals surface area contributed by atoms with Crippen molar-refractivity contribution in [3.05, 3.63) is 70.7 Å². The Morgan fingerprint density at radius 2 is 1.80 bits per heavy atom. The summed E-state index contributed by atoms with van der Waals surface area (Å²) in [4.78, 5) is 6.77. The van der Waals surface area contributed by atoms with Gasteiger partial charge >= 0.3 is 0 Å². The summed E-state index contributed by atoms with van der Waals surface area (Å²) >= 11 is 11.6. The average molecular weight is 304 g/mol. The first-order valence-corrected chi connectivity index (χ1v) is 7.28. The Morgan fingerprint density at radius 3 is 2.55 bits per heavy atom. The molecule has 2 aromatic carbocycles. The molecule has 2 nitrogen and oxygen atoms in total. The lowest BCUT2D eigenvalue weighted by atomic mass is 10.1. The van der Waals surface area contributed by atoms with Crippen LogP contribution >= 0.6 is 23.8 Å².